The number of halogens is 2. The molecule has 0 aliphatic carbocycles. The molecule has 0 radical (unpaired) electrons. The van der Waals surface area contributed by atoms with Crippen LogP contribution in [0, 0.1) is 0 Å². The third-order valence-electron chi connectivity index (χ3n) is 4.57. The van der Waals surface area contributed by atoms with Gasteiger partial charge in [-0.2, -0.15) is 0 Å². The lowest BCUT2D eigenvalue weighted by atomic mass is 10.2. The van der Waals surface area contributed by atoms with Crippen molar-refractivity contribution in [1.29, 1.82) is 0 Å². The smallest absolute Gasteiger partial charge is 0.133 e. The van der Waals surface area contributed by atoms with Crippen LogP contribution in [0.1, 0.15) is 17.0 Å². The van der Waals surface area contributed by atoms with E-state index in [1.807, 2.05) is 72.9 Å². The molecule has 0 bridgehead atoms. The Kier molecular flexibility index (Phi) is 5.70. The number of benzene rings is 3. The van der Waals surface area contributed by atoms with Gasteiger partial charge >= 0.3 is 0 Å². The highest BCUT2D eigenvalue weighted by Gasteiger charge is 2.11. The number of imidazole rings is 1. The maximum atomic E-state index is 6.41. The summed E-state index contributed by atoms with van der Waals surface area (Å²) in [6.07, 6.45) is 6.04. The Morgan fingerprint density at radius 1 is 0.897 bits per heavy atom. The van der Waals surface area contributed by atoms with Crippen LogP contribution in [0.25, 0.3) is 23.4 Å². The molecule has 29 heavy (non-hydrogen) atoms. The second-order valence-corrected chi connectivity index (χ2v) is 7.57. The van der Waals surface area contributed by atoms with Gasteiger partial charge in [0.1, 0.15) is 5.82 Å². The summed E-state index contributed by atoms with van der Waals surface area (Å²) < 4.78 is 2.11. The Morgan fingerprint density at radius 2 is 1.66 bits per heavy atom. The second-order valence-electron chi connectivity index (χ2n) is 6.72. The lowest BCUT2D eigenvalue weighted by molar-refractivity contribution is 0.787. The predicted molar refractivity (Wildman–Crippen MR) is 123 cm³/mol. The van der Waals surface area contributed by atoms with Gasteiger partial charge in [-0.1, -0.05) is 71.7 Å². The molecule has 144 valence electrons. The van der Waals surface area contributed by atoms with E-state index in [2.05, 4.69) is 16.7 Å². The summed E-state index contributed by atoms with van der Waals surface area (Å²) in [5, 5.41) is 1.18. The zero-order valence-corrected chi connectivity index (χ0v) is 17.1. The van der Waals surface area contributed by atoms with Crippen molar-refractivity contribution < 1.29 is 0 Å². The molecule has 5 heteroatoms. The zero-order chi connectivity index (χ0) is 20.2. The first-order chi connectivity index (χ1) is 14.1. The average molecular weight is 420 g/mol. The van der Waals surface area contributed by atoms with Crippen molar-refractivity contribution in [2.75, 3.05) is 5.73 Å². The van der Waals surface area contributed by atoms with Crippen LogP contribution in [0.4, 0.5) is 5.69 Å². The third-order valence-corrected chi connectivity index (χ3v) is 5.12. The van der Waals surface area contributed by atoms with E-state index in [-0.39, 0.29) is 0 Å². The molecule has 4 aromatic rings. The fourth-order valence-corrected chi connectivity index (χ4v) is 3.58. The number of aromatic nitrogens is 2. The number of hydrogen-bond donors (Lipinski definition) is 1. The topological polar surface area (TPSA) is 43.8 Å². The minimum absolute atomic E-state index is 0.580. The number of nitrogens with zero attached hydrogens (tertiary/aromatic N) is 2. The van der Waals surface area contributed by atoms with Crippen molar-refractivity contribution in [1.82, 2.24) is 9.55 Å². The summed E-state index contributed by atoms with van der Waals surface area (Å²) in [6, 6.07) is 23.5. The van der Waals surface area contributed by atoms with Gasteiger partial charge in [0.25, 0.3) is 0 Å². The Hall–Kier alpha value is -3.01. The summed E-state index contributed by atoms with van der Waals surface area (Å²) >= 11 is 12.5. The van der Waals surface area contributed by atoms with E-state index in [1.165, 1.54) is 5.56 Å². The van der Waals surface area contributed by atoms with Crippen molar-refractivity contribution in [2.45, 2.75) is 6.54 Å². The quantitative estimate of drug-likeness (QED) is 0.367. The molecule has 1 aromatic heterocycles. The van der Waals surface area contributed by atoms with E-state index >= 15 is 0 Å². The molecule has 0 aliphatic rings. The van der Waals surface area contributed by atoms with Crippen molar-refractivity contribution >= 4 is 41.0 Å². The molecule has 3 nitrogen and oxygen atoms in total. The van der Waals surface area contributed by atoms with E-state index in [0.29, 0.717) is 16.6 Å². The van der Waals surface area contributed by atoms with Crippen molar-refractivity contribution in [2.24, 2.45) is 0 Å². The molecule has 0 saturated carbocycles. The molecule has 0 aliphatic heterocycles. The zero-order valence-electron chi connectivity index (χ0n) is 15.6. The maximum Gasteiger partial charge on any atom is 0.133 e. The van der Waals surface area contributed by atoms with Gasteiger partial charge < -0.3 is 10.3 Å². The molecule has 4 rings (SSSR count). The van der Waals surface area contributed by atoms with Gasteiger partial charge in [0.2, 0.25) is 0 Å². The SMILES string of the molecule is Nc1ccc(/C=C/c2nc(-c3ccc(Cl)cc3Cl)cn2Cc2ccccc2)cc1. The van der Waals surface area contributed by atoms with Crippen LogP contribution in [0.2, 0.25) is 10.0 Å². The minimum Gasteiger partial charge on any atom is -0.399 e. The second kappa shape index (κ2) is 8.56. The van der Waals surface area contributed by atoms with Crippen LogP contribution in [0.5, 0.6) is 0 Å². The fourth-order valence-electron chi connectivity index (χ4n) is 3.07. The molecule has 0 fully saturated rings. The van der Waals surface area contributed by atoms with Crippen LogP contribution >= 0.6 is 23.2 Å². The van der Waals surface area contributed by atoms with Crippen LogP contribution in [-0.2, 0) is 6.54 Å². The normalized spacial score (nSPS) is 11.2. The highest BCUT2D eigenvalue weighted by atomic mass is 35.5. The number of anilines is 1. The van der Waals surface area contributed by atoms with Crippen molar-refractivity contribution in [3.8, 4) is 11.3 Å². The standard InChI is InChI=1S/C24H19Cl2N3/c25-19-9-12-21(22(26)14-19)23-16-29(15-18-4-2-1-3-5-18)24(28-23)13-8-17-6-10-20(27)11-7-17/h1-14,16H,15,27H2/b13-8+. The van der Waals surface area contributed by atoms with Gasteiger partial charge in [0.05, 0.1) is 10.7 Å². The fraction of sp³-hybridized carbons (Fsp3) is 0.0417. The Morgan fingerprint density at radius 3 is 2.38 bits per heavy atom. The average Bonchev–Trinajstić information content (AvgIpc) is 3.10. The Labute approximate surface area is 180 Å². The first-order valence-corrected chi connectivity index (χ1v) is 9.94. The molecular weight excluding hydrogens is 401 g/mol. The first-order valence-electron chi connectivity index (χ1n) is 9.18. The summed E-state index contributed by atoms with van der Waals surface area (Å²) in [6.45, 7) is 0.709. The van der Waals surface area contributed by atoms with Crippen molar-refractivity contribution in [3.05, 3.63) is 106 Å². The lowest BCUT2D eigenvalue weighted by Crippen LogP contribution is -2.00. The molecule has 0 spiro atoms. The number of nitrogens with two attached hydrogens (primary N) is 1. The Balaban J connectivity index is 1.72. The third kappa shape index (κ3) is 4.70. The molecule has 0 atom stereocenters. The van der Waals surface area contributed by atoms with E-state index in [4.69, 9.17) is 33.9 Å². The van der Waals surface area contributed by atoms with Gasteiger partial charge in [0, 0.05) is 29.0 Å². The number of rotatable bonds is 5. The Bertz CT molecular complexity index is 1150. The monoisotopic (exact) mass is 419 g/mol. The van der Waals surface area contributed by atoms with E-state index in [0.717, 1.165) is 28.3 Å². The van der Waals surface area contributed by atoms with E-state index < -0.39 is 0 Å². The van der Waals surface area contributed by atoms with Gasteiger partial charge in [-0.25, -0.2) is 4.98 Å². The molecular formula is C24H19Cl2N3. The molecule has 0 amide bonds. The number of hydrogen-bond acceptors (Lipinski definition) is 2. The van der Waals surface area contributed by atoms with Gasteiger partial charge in [-0.05, 0) is 47.5 Å². The summed E-state index contributed by atoms with van der Waals surface area (Å²) in [5.74, 6) is 0.840. The summed E-state index contributed by atoms with van der Waals surface area (Å²) in [5.41, 5.74) is 10.4. The molecule has 0 unspecified atom stereocenters. The number of nitrogen functional groups attached to an aromatic ring is 1. The molecule has 2 N–H and O–H groups in total. The highest BCUT2D eigenvalue weighted by Crippen LogP contribution is 2.30. The first kappa shape index (κ1) is 19.3. The summed E-state index contributed by atoms with van der Waals surface area (Å²) in [7, 11) is 0. The van der Waals surface area contributed by atoms with Crippen LogP contribution in [0.15, 0.2) is 79.0 Å². The lowest BCUT2D eigenvalue weighted by Gasteiger charge is -2.05. The van der Waals surface area contributed by atoms with Gasteiger partial charge in [-0.15, -0.1) is 0 Å². The van der Waals surface area contributed by atoms with E-state index in [1.54, 1.807) is 6.07 Å². The van der Waals surface area contributed by atoms with Gasteiger partial charge in [-0.3, -0.25) is 0 Å². The van der Waals surface area contributed by atoms with Crippen molar-refractivity contribution in [3.63, 3.8) is 0 Å². The van der Waals surface area contributed by atoms with Gasteiger partial charge in [0.15, 0.2) is 0 Å². The molecule has 0 saturated heterocycles. The van der Waals surface area contributed by atoms with Crippen LogP contribution in [0.3, 0.4) is 0 Å². The van der Waals surface area contributed by atoms with Crippen LogP contribution < -0.4 is 5.73 Å². The molecule has 1 heterocycles. The molecule has 3 aromatic carbocycles. The van der Waals surface area contributed by atoms with E-state index in [9.17, 15) is 0 Å². The van der Waals surface area contributed by atoms with Crippen LogP contribution in [-0.4, -0.2) is 9.55 Å². The largest absolute Gasteiger partial charge is 0.399 e. The predicted octanol–water partition coefficient (Wildman–Crippen LogP) is 6.66. The summed E-state index contributed by atoms with van der Waals surface area (Å²) in [4.78, 5) is 4.82. The highest BCUT2D eigenvalue weighted by molar-refractivity contribution is 6.36. The maximum absolute atomic E-state index is 6.41. The minimum atomic E-state index is 0.580.